The van der Waals surface area contributed by atoms with Gasteiger partial charge in [-0.3, -0.25) is 0 Å². The van der Waals surface area contributed by atoms with Crippen LogP contribution in [0.2, 0.25) is 0 Å². The van der Waals surface area contributed by atoms with Crippen LogP contribution in [0.1, 0.15) is 13.8 Å². The number of ether oxygens (including phenoxy) is 1. The molecule has 2 aromatic heterocycles. The number of methoxy groups -OCH3 is 1. The van der Waals surface area contributed by atoms with Crippen LogP contribution in [0.3, 0.4) is 0 Å². The molecule has 0 aliphatic rings. The highest BCUT2D eigenvalue weighted by Crippen LogP contribution is 2.17. The van der Waals surface area contributed by atoms with Crippen molar-refractivity contribution in [2.24, 2.45) is 0 Å². The average Bonchev–Trinajstić information content (AvgIpc) is 2.62. The molecular formula is C12H16N2O. The number of nitrogens with zero attached hydrogens (tertiary/aromatic N) is 2. The Hall–Kier alpha value is -1.35. The van der Waals surface area contributed by atoms with Crippen LogP contribution >= 0.6 is 0 Å². The van der Waals surface area contributed by atoms with Crippen LogP contribution in [0.25, 0.3) is 11.0 Å². The molecule has 0 saturated carbocycles. The number of hydrogen-bond donors (Lipinski definition) is 0. The van der Waals surface area contributed by atoms with Crippen LogP contribution in [-0.4, -0.2) is 22.3 Å². The van der Waals surface area contributed by atoms with Crippen molar-refractivity contribution in [3.05, 3.63) is 30.6 Å². The minimum atomic E-state index is -0.163. The number of pyridine rings is 1. The van der Waals surface area contributed by atoms with Gasteiger partial charge in [0.05, 0.1) is 12.1 Å². The minimum absolute atomic E-state index is 0.163. The zero-order valence-electron chi connectivity index (χ0n) is 9.40. The molecule has 0 spiro atoms. The molecule has 0 aliphatic carbocycles. The van der Waals surface area contributed by atoms with Crippen molar-refractivity contribution < 1.29 is 4.74 Å². The summed E-state index contributed by atoms with van der Waals surface area (Å²) in [4.78, 5) is 4.37. The van der Waals surface area contributed by atoms with Crippen molar-refractivity contribution in [3.8, 4) is 0 Å². The summed E-state index contributed by atoms with van der Waals surface area (Å²) in [6.07, 6.45) is 3.87. The van der Waals surface area contributed by atoms with E-state index >= 15 is 0 Å². The van der Waals surface area contributed by atoms with E-state index in [4.69, 9.17) is 4.74 Å². The van der Waals surface area contributed by atoms with Gasteiger partial charge in [-0.05, 0) is 32.0 Å². The summed E-state index contributed by atoms with van der Waals surface area (Å²) >= 11 is 0. The molecule has 2 heterocycles. The predicted molar refractivity (Wildman–Crippen MR) is 60.8 cm³/mol. The van der Waals surface area contributed by atoms with E-state index in [-0.39, 0.29) is 5.60 Å². The summed E-state index contributed by atoms with van der Waals surface area (Å²) in [5.74, 6) is 0. The van der Waals surface area contributed by atoms with Crippen LogP contribution < -0.4 is 0 Å². The van der Waals surface area contributed by atoms with Gasteiger partial charge in [-0.1, -0.05) is 0 Å². The molecule has 0 aromatic carbocycles. The van der Waals surface area contributed by atoms with Crippen LogP contribution in [0.4, 0.5) is 0 Å². The highest BCUT2D eigenvalue weighted by molar-refractivity contribution is 5.75. The first-order valence-corrected chi connectivity index (χ1v) is 5.07. The second-order valence-corrected chi connectivity index (χ2v) is 4.32. The molecule has 3 heteroatoms. The summed E-state index contributed by atoms with van der Waals surface area (Å²) < 4.78 is 7.54. The number of aromatic nitrogens is 2. The van der Waals surface area contributed by atoms with Gasteiger partial charge < -0.3 is 9.30 Å². The van der Waals surface area contributed by atoms with Gasteiger partial charge in [0.15, 0.2) is 0 Å². The Morgan fingerprint density at radius 1 is 1.40 bits per heavy atom. The monoisotopic (exact) mass is 204 g/mol. The molecule has 0 fully saturated rings. The van der Waals surface area contributed by atoms with E-state index in [1.165, 1.54) is 5.39 Å². The molecule has 0 amide bonds. The van der Waals surface area contributed by atoms with E-state index in [1.807, 2.05) is 12.3 Å². The maximum atomic E-state index is 5.41. The second-order valence-electron chi connectivity index (χ2n) is 4.32. The molecule has 0 radical (unpaired) electrons. The van der Waals surface area contributed by atoms with Crippen molar-refractivity contribution in [1.82, 2.24) is 9.55 Å². The second kappa shape index (κ2) is 3.66. The van der Waals surface area contributed by atoms with E-state index in [0.717, 1.165) is 12.2 Å². The van der Waals surface area contributed by atoms with Crippen LogP contribution in [0.15, 0.2) is 30.6 Å². The first-order chi connectivity index (χ1) is 7.12. The van der Waals surface area contributed by atoms with E-state index in [0.29, 0.717) is 0 Å². The highest BCUT2D eigenvalue weighted by atomic mass is 16.5. The molecule has 0 aliphatic heterocycles. The maximum absolute atomic E-state index is 5.41. The van der Waals surface area contributed by atoms with Crippen LogP contribution in [-0.2, 0) is 11.3 Å². The van der Waals surface area contributed by atoms with Crippen LogP contribution in [0.5, 0.6) is 0 Å². The van der Waals surface area contributed by atoms with Gasteiger partial charge in [0.25, 0.3) is 0 Å². The fourth-order valence-electron chi connectivity index (χ4n) is 1.62. The van der Waals surface area contributed by atoms with Crippen molar-refractivity contribution in [2.45, 2.75) is 26.0 Å². The Morgan fingerprint density at radius 3 is 2.93 bits per heavy atom. The molecule has 0 atom stereocenters. The van der Waals surface area contributed by atoms with E-state index in [2.05, 4.69) is 41.7 Å². The van der Waals surface area contributed by atoms with Gasteiger partial charge in [0, 0.05) is 24.9 Å². The zero-order valence-corrected chi connectivity index (χ0v) is 9.40. The fraction of sp³-hybridized carbons (Fsp3) is 0.417. The standard InChI is InChI=1S/C12H16N2O/c1-12(2,15-3)9-14-8-6-10-5-4-7-13-11(10)14/h4-8H,9H2,1-3H3. The van der Waals surface area contributed by atoms with Gasteiger partial charge in [-0.15, -0.1) is 0 Å². The van der Waals surface area contributed by atoms with Gasteiger partial charge in [-0.25, -0.2) is 4.98 Å². The van der Waals surface area contributed by atoms with Gasteiger partial charge in [0.1, 0.15) is 5.65 Å². The zero-order chi connectivity index (χ0) is 10.9. The highest BCUT2D eigenvalue weighted by Gasteiger charge is 2.17. The molecule has 3 nitrogen and oxygen atoms in total. The van der Waals surface area contributed by atoms with E-state index in [1.54, 1.807) is 7.11 Å². The molecule has 2 aromatic rings. The summed E-state index contributed by atoms with van der Waals surface area (Å²) in [6, 6.07) is 6.10. The minimum Gasteiger partial charge on any atom is -0.377 e. The molecule has 0 saturated heterocycles. The summed E-state index contributed by atoms with van der Waals surface area (Å²) in [5.41, 5.74) is 0.853. The number of fused-ring (bicyclic) bond motifs is 1. The third kappa shape index (κ3) is 2.02. The average molecular weight is 204 g/mol. The maximum Gasteiger partial charge on any atom is 0.139 e. The Morgan fingerprint density at radius 2 is 2.20 bits per heavy atom. The molecular weight excluding hydrogens is 188 g/mol. The first-order valence-electron chi connectivity index (χ1n) is 5.07. The topological polar surface area (TPSA) is 27.1 Å². The van der Waals surface area contributed by atoms with Gasteiger partial charge >= 0.3 is 0 Å². The largest absolute Gasteiger partial charge is 0.377 e. The summed E-state index contributed by atoms with van der Waals surface area (Å²) in [5, 5.41) is 1.17. The SMILES string of the molecule is COC(C)(C)Cn1ccc2cccnc21. The van der Waals surface area contributed by atoms with Gasteiger partial charge in [0.2, 0.25) is 0 Å². The third-order valence-corrected chi connectivity index (χ3v) is 2.63. The number of rotatable bonds is 3. The summed E-state index contributed by atoms with van der Waals surface area (Å²) in [7, 11) is 1.74. The quantitative estimate of drug-likeness (QED) is 0.768. The van der Waals surface area contributed by atoms with E-state index in [9.17, 15) is 0 Å². The first kappa shape index (κ1) is 10.2. The van der Waals surface area contributed by atoms with Crippen molar-refractivity contribution in [3.63, 3.8) is 0 Å². The molecule has 2 rings (SSSR count). The Labute approximate surface area is 89.7 Å². The molecule has 0 bridgehead atoms. The predicted octanol–water partition coefficient (Wildman–Crippen LogP) is 2.46. The smallest absolute Gasteiger partial charge is 0.139 e. The van der Waals surface area contributed by atoms with E-state index < -0.39 is 0 Å². The lowest BCUT2D eigenvalue weighted by Gasteiger charge is -2.23. The van der Waals surface area contributed by atoms with Crippen molar-refractivity contribution >= 4 is 11.0 Å². The van der Waals surface area contributed by atoms with Crippen LogP contribution in [0, 0.1) is 0 Å². The fourth-order valence-corrected chi connectivity index (χ4v) is 1.62. The Balaban J connectivity index is 2.37. The molecule has 15 heavy (non-hydrogen) atoms. The lowest BCUT2D eigenvalue weighted by molar-refractivity contribution is 0.00902. The molecule has 0 unspecified atom stereocenters. The number of hydrogen-bond acceptors (Lipinski definition) is 2. The molecule has 80 valence electrons. The Bertz CT molecular complexity index is 459. The normalized spacial score (nSPS) is 12.2. The summed E-state index contributed by atoms with van der Waals surface area (Å²) in [6.45, 7) is 4.95. The lowest BCUT2D eigenvalue weighted by Crippen LogP contribution is -2.28. The Kier molecular flexibility index (Phi) is 2.49. The van der Waals surface area contributed by atoms with Crippen molar-refractivity contribution in [1.29, 1.82) is 0 Å². The lowest BCUT2D eigenvalue weighted by atomic mass is 10.1. The third-order valence-electron chi connectivity index (χ3n) is 2.63. The van der Waals surface area contributed by atoms with Crippen molar-refractivity contribution in [2.75, 3.05) is 7.11 Å². The molecule has 0 N–H and O–H groups in total. The van der Waals surface area contributed by atoms with Gasteiger partial charge in [-0.2, -0.15) is 0 Å².